The van der Waals surface area contributed by atoms with Gasteiger partial charge in [0, 0.05) is 10.1 Å². The molecular formula is C24H42INO. The maximum absolute atomic E-state index is 10.7. The first-order valence-corrected chi connectivity index (χ1v) is 12.4. The van der Waals surface area contributed by atoms with E-state index in [1.54, 1.807) is 0 Å². The molecule has 1 aromatic rings. The summed E-state index contributed by atoms with van der Waals surface area (Å²) in [4.78, 5) is 2.50. The fourth-order valence-electron chi connectivity index (χ4n) is 3.56. The average molecular weight is 488 g/mol. The van der Waals surface area contributed by atoms with Gasteiger partial charge in [0.25, 0.3) is 0 Å². The minimum absolute atomic E-state index is 0.373. The van der Waals surface area contributed by atoms with E-state index in [-0.39, 0.29) is 6.10 Å². The normalized spacial score (nSPS) is 12.6. The van der Waals surface area contributed by atoms with Crippen LogP contribution in [0.2, 0.25) is 0 Å². The Morgan fingerprint density at radius 1 is 0.741 bits per heavy atom. The largest absolute Gasteiger partial charge is 0.387 e. The van der Waals surface area contributed by atoms with Gasteiger partial charge in [-0.3, -0.25) is 0 Å². The maximum Gasteiger partial charge on any atom is 0.0916 e. The van der Waals surface area contributed by atoms with Crippen molar-refractivity contribution >= 4 is 22.6 Å². The summed E-state index contributed by atoms with van der Waals surface area (Å²) in [6.07, 6.45) is 15.6. The number of nitrogens with zero attached hydrogens (tertiary/aromatic N) is 1. The van der Waals surface area contributed by atoms with Gasteiger partial charge in [0.15, 0.2) is 0 Å². The van der Waals surface area contributed by atoms with Gasteiger partial charge in [-0.25, -0.2) is 0 Å². The summed E-state index contributed by atoms with van der Waals surface area (Å²) in [6, 6.07) is 8.32. The predicted molar refractivity (Wildman–Crippen MR) is 127 cm³/mol. The standard InChI is InChI=1S/C24H42INO/c1-3-5-7-9-11-13-19-26(20-14-12-10-8-6-4-2)21-24(27)22-15-17-23(25)18-16-22/h15-18,24,27H,3-14,19-21H2,1-2H3/t24-/m0/s1. The van der Waals surface area contributed by atoms with Crippen molar-refractivity contribution in [2.24, 2.45) is 0 Å². The van der Waals surface area contributed by atoms with Crippen molar-refractivity contribution in [1.82, 2.24) is 4.90 Å². The van der Waals surface area contributed by atoms with E-state index < -0.39 is 0 Å². The van der Waals surface area contributed by atoms with E-state index in [0.717, 1.165) is 25.2 Å². The smallest absolute Gasteiger partial charge is 0.0916 e. The summed E-state index contributed by atoms with van der Waals surface area (Å²) >= 11 is 2.32. The highest BCUT2D eigenvalue weighted by atomic mass is 127. The van der Waals surface area contributed by atoms with Crippen LogP contribution < -0.4 is 0 Å². The monoisotopic (exact) mass is 487 g/mol. The van der Waals surface area contributed by atoms with Crippen molar-refractivity contribution in [3.63, 3.8) is 0 Å². The lowest BCUT2D eigenvalue weighted by molar-refractivity contribution is 0.110. The average Bonchev–Trinajstić information content (AvgIpc) is 2.67. The van der Waals surface area contributed by atoms with Crippen LogP contribution in [0.25, 0.3) is 0 Å². The van der Waals surface area contributed by atoms with E-state index in [1.165, 1.54) is 80.6 Å². The van der Waals surface area contributed by atoms with E-state index in [0.29, 0.717) is 0 Å². The van der Waals surface area contributed by atoms with Gasteiger partial charge >= 0.3 is 0 Å². The van der Waals surface area contributed by atoms with Crippen molar-refractivity contribution in [3.05, 3.63) is 33.4 Å². The van der Waals surface area contributed by atoms with E-state index in [1.807, 2.05) is 0 Å². The van der Waals surface area contributed by atoms with Crippen LogP contribution in [-0.4, -0.2) is 29.6 Å². The third-order valence-corrected chi connectivity index (χ3v) is 6.06. The Kier molecular flexibility index (Phi) is 15.5. The second kappa shape index (κ2) is 16.8. The van der Waals surface area contributed by atoms with Crippen molar-refractivity contribution in [3.8, 4) is 0 Å². The molecule has 0 heterocycles. The topological polar surface area (TPSA) is 23.5 Å². The fourth-order valence-corrected chi connectivity index (χ4v) is 3.92. The number of hydrogen-bond acceptors (Lipinski definition) is 2. The third kappa shape index (κ3) is 12.8. The van der Waals surface area contributed by atoms with Gasteiger partial charge in [0.2, 0.25) is 0 Å². The van der Waals surface area contributed by atoms with Gasteiger partial charge < -0.3 is 10.0 Å². The van der Waals surface area contributed by atoms with Crippen LogP contribution >= 0.6 is 22.6 Å². The van der Waals surface area contributed by atoms with Crippen LogP contribution in [0.3, 0.4) is 0 Å². The Bertz CT molecular complexity index is 432. The maximum atomic E-state index is 10.7. The minimum atomic E-state index is -0.373. The van der Waals surface area contributed by atoms with Crippen LogP contribution in [0.4, 0.5) is 0 Å². The van der Waals surface area contributed by atoms with Crippen molar-refractivity contribution < 1.29 is 5.11 Å². The Hall–Kier alpha value is -0.130. The van der Waals surface area contributed by atoms with E-state index in [9.17, 15) is 5.11 Å². The summed E-state index contributed by atoms with van der Waals surface area (Å²) in [7, 11) is 0. The number of rotatable bonds is 17. The molecule has 0 fully saturated rings. The molecule has 3 heteroatoms. The Labute approximate surface area is 182 Å². The van der Waals surface area contributed by atoms with Crippen LogP contribution in [0, 0.1) is 3.57 Å². The number of halogens is 1. The summed E-state index contributed by atoms with van der Waals surface area (Å²) in [5.41, 5.74) is 1.05. The first-order chi connectivity index (χ1) is 13.2. The third-order valence-electron chi connectivity index (χ3n) is 5.34. The predicted octanol–water partition coefficient (Wildman–Crippen LogP) is 7.35. The molecule has 27 heavy (non-hydrogen) atoms. The molecule has 1 atom stereocenters. The first kappa shape index (κ1) is 24.9. The first-order valence-electron chi connectivity index (χ1n) is 11.3. The molecule has 0 radical (unpaired) electrons. The molecular weight excluding hydrogens is 445 g/mol. The Morgan fingerprint density at radius 2 is 1.19 bits per heavy atom. The van der Waals surface area contributed by atoms with Crippen LogP contribution in [-0.2, 0) is 0 Å². The number of aliphatic hydroxyl groups is 1. The lowest BCUT2D eigenvalue weighted by atomic mass is 10.1. The number of unbranched alkanes of at least 4 members (excludes halogenated alkanes) is 10. The molecule has 156 valence electrons. The molecule has 0 aliphatic rings. The summed E-state index contributed by atoms with van der Waals surface area (Å²) < 4.78 is 1.22. The zero-order valence-electron chi connectivity index (χ0n) is 17.8. The van der Waals surface area contributed by atoms with Crippen LogP contribution in [0.5, 0.6) is 0 Å². The van der Waals surface area contributed by atoms with E-state index in [4.69, 9.17) is 0 Å². The van der Waals surface area contributed by atoms with Gasteiger partial charge in [0.05, 0.1) is 6.10 Å². The molecule has 1 rings (SSSR count). The summed E-state index contributed by atoms with van der Waals surface area (Å²) in [5.74, 6) is 0. The van der Waals surface area contributed by atoms with Crippen molar-refractivity contribution in [2.45, 2.75) is 97.0 Å². The zero-order chi connectivity index (χ0) is 19.7. The molecule has 0 aromatic heterocycles. The molecule has 0 saturated heterocycles. The number of hydrogen-bond donors (Lipinski definition) is 1. The molecule has 1 N–H and O–H groups in total. The molecule has 2 nitrogen and oxygen atoms in total. The Balaban J connectivity index is 2.39. The molecule has 0 spiro atoms. The van der Waals surface area contributed by atoms with Gasteiger partial charge in [-0.1, -0.05) is 90.2 Å². The number of aliphatic hydroxyl groups excluding tert-OH is 1. The lowest BCUT2D eigenvalue weighted by Crippen LogP contribution is -2.31. The fraction of sp³-hybridized carbons (Fsp3) is 0.750. The molecule has 0 amide bonds. The van der Waals surface area contributed by atoms with Crippen LogP contribution in [0.1, 0.15) is 103 Å². The molecule has 0 bridgehead atoms. The number of benzene rings is 1. The lowest BCUT2D eigenvalue weighted by Gasteiger charge is -2.25. The highest BCUT2D eigenvalue weighted by Gasteiger charge is 2.13. The molecule has 1 aromatic carbocycles. The van der Waals surface area contributed by atoms with Crippen LogP contribution in [0.15, 0.2) is 24.3 Å². The van der Waals surface area contributed by atoms with E-state index >= 15 is 0 Å². The Morgan fingerprint density at radius 3 is 1.67 bits per heavy atom. The molecule has 0 aliphatic carbocycles. The van der Waals surface area contributed by atoms with Gasteiger partial charge in [-0.15, -0.1) is 0 Å². The van der Waals surface area contributed by atoms with Gasteiger partial charge in [0.1, 0.15) is 0 Å². The highest BCUT2D eigenvalue weighted by molar-refractivity contribution is 14.1. The highest BCUT2D eigenvalue weighted by Crippen LogP contribution is 2.17. The molecule has 0 unspecified atom stereocenters. The minimum Gasteiger partial charge on any atom is -0.387 e. The van der Waals surface area contributed by atoms with Gasteiger partial charge in [-0.05, 0) is 66.2 Å². The SMILES string of the molecule is CCCCCCCCN(CCCCCCCC)C[C@H](O)c1ccc(I)cc1. The summed E-state index contributed by atoms with van der Waals surface area (Å²) in [5, 5.41) is 10.7. The second-order valence-corrected chi connectivity index (χ2v) is 9.15. The van der Waals surface area contributed by atoms with Gasteiger partial charge in [-0.2, -0.15) is 0 Å². The molecule has 0 saturated carbocycles. The van der Waals surface area contributed by atoms with Crippen molar-refractivity contribution in [1.29, 1.82) is 0 Å². The summed E-state index contributed by atoms with van der Waals surface area (Å²) in [6.45, 7) is 7.57. The molecule has 0 aliphatic heterocycles. The zero-order valence-corrected chi connectivity index (χ0v) is 19.9. The quantitative estimate of drug-likeness (QED) is 0.183. The van der Waals surface area contributed by atoms with E-state index in [2.05, 4.69) is 65.6 Å². The second-order valence-electron chi connectivity index (χ2n) is 7.90. The van der Waals surface area contributed by atoms with Crippen molar-refractivity contribution in [2.75, 3.05) is 19.6 Å².